The average Bonchev–Trinajstić information content (AvgIpc) is 3.60. The molecule has 2 aliphatic heterocycles. The summed E-state index contributed by atoms with van der Waals surface area (Å²) in [6.45, 7) is 0.308. The molecule has 0 bridgehead atoms. The van der Waals surface area contributed by atoms with Gasteiger partial charge in [0.1, 0.15) is 16.4 Å². The monoisotopic (exact) mass is 643 g/mol. The molecule has 13 heteroatoms. The SMILES string of the molecule is COc1ccc(S(=O)(=O)N2C(=O)C(c3cccc(OC)c3OC)(N3CCCC3C(=O)N(C)C)c3cc(Cl)ccc32)c(OC)c1. The highest BCUT2D eigenvalue weighted by Gasteiger charge is 2.63. The normalized spacial score (nSPS) is 19.9. The summed E-state index contributed by atoms with van der Waals surface area (Å²) >= 11 is 6.57. The van der Waals surface area contributed by atoms with E-state index < -0.39 is 27.5 Å². The van der Waals surface area contributed by atoms with E-state index >= 15 is 4.79 Å². The van der Waals surface area contributed by atoms with Gasteiger partial charge < -0.3 is 23.8 Å². The zero-order valence-electron chi connectivity index (χ0n) is 25.3. The van der Waals surface area contributed by atoms with Gasteiger partial charge >= 0.3 is 0 Å². The third kappa shape index (κ3) is 4.63. The maximum atomic E-state index is 15.3. The summed E-state index contributed by atoms with van der Waals surface area (Å²) in [5, 5.41) is 0.277. The second kappa shape index (κ2) is 11.8. The van der Waals surface area contributed by atoms with Crippen molar-refractivity contribution in [1.29, 1.82) is 0 Å². The largest absolute Gasteiger partial charge is 0.497 e. The molecular formula is C31H34ClN3O8S. The lowest BCUT2D eigenvalue weighted by molar-refractivity contribution is -0.138. The molecule has 0 radical (unpaired) electrons. The molecule has 44 heavy (non-hydrogen) atoms. The fourth-order valence-corrected chi connectivity index (χ4v) is 8.03. The molecule has 0 saturated carbocycles. The summed E-state index contributed by atoms with van der Waals surface area (Å²) in [4.78, 5) is 31.9. The maximum absolute atomic E-state index is 15.3. The second-order valence-corrected chi connectivity index (χ2v) is 12.8. The van der Waals surface area contributed by atoms with Gasteiger partial charge in [-0.3, -0.25) is 14.5 Å². The summed E-state index contributed by atoms with van der Waals surface area (Å²) in [6, 6.07) is 13.1. The number of rotatable bonds is 9. The number of hydrogen-bond acceptors (Lipinski definition) is 9. The van der Waals surface area contributed by atoms with Gasteiger partial charge in [-0.15, -0.1) is 0 Å². The molecular weight excluding hydrogens is 610 g/mol. The number of carbonyl (C=O) groups excluding carboxylic acids is 2. The van der Waals surface area contributed by atoms with E-state index in [0.29, 0.717) is 36.4 Å². The van der Waals surface area contributed by atoms with Gasteiger partial charge in [-0.05, 0) is 49.2 Å². The summed E-state index contributed by atoms with van der Waals surface area (Å²) in [5.41, 5.74) is -1.16. The Morgan fingerprint density at radius 2 is 1.66 bits per heavy atom. The van der Waals surface area contributed by atoms with Gasteiger partial charge in [-0.2, -0.15) is 0 Å². The van der Waals surface area contributed by atoms with Gasteiger partial charge in [0.05, 0.1) is 40.2 Å². The Balaban J connectivity index is 1.88. The zero-order valence-corrected chi connectivity index (χ0v) is 26.9. The highest BCUT2D eigenvalue weighted by molar-refractivity contribution is 7.93. The van der Waals surface area contributed by atoms with Crippen molar-refractivity contribution in [3.05, 3.63) is 70.7 Å². The van der Waals surface area contributed by atoms with Crippen LogP contribution in [0.2, 0.25) is 5.02 Å². The lowest BCUT2D eigenvalue weighted by Crippen LogP contribution is -2.59. The van der Waals surface area contributed by atoms with Crippen LogP contribution >= 0.6 is 11.6 Å². The molecule has 3 aromatic rings. The molecule has 5 rings (SSSR count). The van der Waals surface area contributed by atoms with Crippen molar-refractivity contribution in [3.63, 3.8) is 0 Å². The van der Waals surface area contributed by atoms with Crippen molar-refractivity contribution in [2.24, 2.45) is 0 Å². The van der Waals surface area contributed by atoms with Gasteiger partial charge in [0.2, 0.25) is 5.91 Å². The van der Waals surface area contributed by atoms with Crippen molar-refractivity contribution in [1.82, 2.24) is 9.80 Å². The predicted octanol–water partition coefficient (Wildman–Crippen LogP) is 3.91. The summed E-state index contributed by atoms with van der Waals surface area (Å²) in [7, 11) is 4.37. The first-order valence-electron chi connectivity index (χ1n) is 13.8. The number of para-hydroxylation sites is 1. The Morgan fingerprint density at radius 1 is 0.932 bits per heavy atom. The highest BCUT2D eigenvalue weighted by atomic mass is 35.5. The van der Waals surface area contributed by atoms with E-state index in [1.54, 1.807) is 43.3 Å². The number of carbonyl (C=O) groups is 2. The molecule has 2 amide bonds. The second-order valence-electron chi connectivity index (χ2n) is 10.6. The quantitative estimate of drug-likeness (QED) is 0.342. The van der Waals surface area contributed by atoms with Crippen LogP contribution in [0, 0.1) is 0 Å². The number of anilines is 1. The van der Waals surface area contributed by atoms with E-state index in [2.05, 4.69) is 0 Å². The number of benzene rings is 3. The number of amides is 2. The number of ether oxygens (including phenoxy) is 4. The Labute approximate surface area is 261 Å². The van der Waals surface area contributed by atoms with Crippen molar-refractivity contribution in [2.45, 2.75) is 29.3 Å². The first-order chi connectivity index (χ1) is 21.0. The molecule has 2 atom stereocenters. The van der Waals surface area contributed by atoms with E-state index in [1.165, 1.54) is 63.7 Å². The van der Waals surface area contributed by atoms with Crippen LogP contribution in [-0.4, -0.2) is 85.2 Å². The Bertz CT molecular complexity index is 1730. The van der Waals surface area contributed by atoms with Crippen molar-refractivity contribution in [3.8, 4) is 23.0 Å². The summed E-state index contributed by atoms with van der Waals surface area (Å²) in [6.07, 6.45) is 1.04. The van der Waals surface area contributed by atoms with Gasteiger partial charge in [-0.1, -0.05) is 23.7 Å². The first kappa shape index (κ1) is 31.4. The smallest absolute Gasteiger partial charge is 0.274 e. The van der Waals surface area contributed by atoms with Gasteiger partial charge in [0, 0.05) is 42.9 Å². The molecule has 2 unspecified atom stereocenters. The predicted molar refractivity (Wildman–Crippen MR) is 164 cm³/mol. The minimum absolute atomic E-state index is 0.00837. The molecule has 0 aliphatic carbocycles. The molecule has 0 aromatic heterocycles. The molecule has 0 spiro atoms. The van der Waals surface area contributed by atoms with E-state index in [-0.39, 0.29) is 38.6 Å². The molecule has 2 aliphatic rings. The molecule has 1 fully saturated rings. The fraction of sp³-hybridized carbons (Fsp3) is 0.355. The van der Waals surface area contributed by atoms with Crippen LogP contribution < -0.4 is 23.3 Å². The van der Waals surface area contributed by atoms with Crippen LogP contribution in [0.3, 0.4) is 0 Å². The van der Waals surface area contributed by atoms with Crippen molar-refractivity contribution < 1.29 is 37.0 Å². The number of sulfonamides is 1. The highest BCUT2D eigenvalue weighted by Crippen LogP contribution is 2.56. The first-order valence-corrected chi connectivity index (χ1v) is 15.6. The van der Waals surface area contributed by atoms with Crippen LogP contribution in [-0.2, 0) is 25.2 Å². The van der Waals surface area contributed by atoms with E-state index in [0.717, 1.165) is 4.31 Å². The Hall–Kier alpha value is -4.00. The Morgan fingerprint density at radius 3 is 2.30 bits per heavy atom. The molecule has 3 aromatic carbocycles. The lowest BCUT2D eigenvalue weighted by Gasteiger charge is -2.42. The number of halogens is 1. The van der Waals surface area contributed by atoms with E-state index in [9.17, 15) is 13.2 Å². The Kier molecular flexibility index (Phi) is 8.45. The molecule has 11 nitrogen and oxygen atoms in total. The average molecular weight is 644 g/mol. The number of hydrogen-bond donors (Lipinski definition) is 0. The number of nitrogens with zero attached hydrogens (tertiary/aromatic N) is 3. The third-order valence-electron chi connectivity index (χ3n) is 8.15. The zero-order chi connectivity index (χ0) is 32.0. The fourth-order valence-electron chi connectivity index (χ4n) is 6.26. The minimum Gasteiger partial charge on any atom is -0.497 e. The number of fused-ring (bicyclic) bond motifs is 1. The maximum Gasteiger partial charge on any atom is 0.274 e. The molecule has 2 heterocycles. The van der Waals surface area contributed by atoms with Crippen LogP contribution in [0.1, 0.15) is 24.0 Å². The van der Waals surface area contributed by atoms with Crippen molar-refractivity contribution in [2.75, 3.05) is 53.4 Å². The van der Waals surface area contributed by atoms with Crippen molar-refractivity contribution >= 4 is 39.1 Å². The number of likely N-dealkylation sites (tertiary alicyclic amines) is 1. The molecule has 234 valence electrons. The minimum atomic E-state index is -4.61. The summed E-state index contributed by atoms with van der Waals surface area (Å²) in [5.74, 6) is -0.132. The summed E-state index contributed by atoms with van der Waals surface area (Å²) < 4.78 is 52.1. The van der Waals surface area contributed by atoms with Gasteiger partial charge in [0.15, 0.2) is 17.0 Å². The molecule has 0 N–H and O–H groups in total. The third-order valence-corrected chi connectivity index (χ3v) is 10.1. The van der Waals surface area contributed by atoms with Gasteiger partial charge in [-0.25, -0.2) is 12.7 Å². The van der Waals surface area contributed by atoms with E-state index in [1.807, 2.05) is 0 Å². The standard InChI is InChI=1S/C31H34ClN3O8S/c1-33(2)29(36)24-10-8-16-34(24)31(21-9-7-11-25(41-4)28(21)43-6)22-17-19(32)12-14-23(22)35(30(31)37)44(38,39)27-15-13-20(40-3)18-26(27)42-5/h7,9,11-15,17-18,24H,8,10,16H2,1-6H3. The van der Waals surface area contributed by atoms with E-state index in [4.69, 9.17) is 30.5 Å². The van der Waals surface area contributed by atoms with Crippen LogP contribution in [0.25, 0.3) is 0 Å². The number of methoxy groups -OCH3 is 4. The van der Waals surface area contributed by atoms with Crippen LogP contribution in [0.4, 0.5) is 5.69 Å². The van der Waals surface area contributed by atoms with Crippen LogP contribution in [0.5, 0.6) is 23.0 Å². The van der Waals surface area contributed by atoms with Crippen LogP contribution in [0.15, 0.2) is 59.5 Å². The molecule has 1 saturated heterocycles. The lowest BCUT2D eigenvalue weighted by atomic mass is 9.80. The van der Waals surface area contributed by atoms with Gasteiger partial charge in [0.25, 0.3) is 15.9 Å². The topological polar surface area (TPSA) is 115 Å². The number of likely N-dealkylation sites (N-methyl/N-ethyl adjacent to an activating group) is 1.